The summed E-state index contributed by atoms with van der Waals surface area (Å²) >= 11 is 0. The SMILES string of the molecule is CC(C)CN(c1ccc(C(F)(F)F)cc1)c1nc(N)c2ccc(-c3ncccc3C(F)(F)F)cc2n1. The first-order valence-electron chi connectivity index (χ1n) is 10.9. The molecule has 0 saturated heterocycles. The van der Waals surface area contributed by atoms with Crippen LogP contribution in [0.1, 0.15) is 25.0 Å². The summed E-state index contributed by atoms with van der Waals surface area (Å²) < 4.78 is 79.7. The van der Waals surface area contributed by atoms with E-state index in [1.165, 1.54) is 42.6 Å². The molecule has 2 aromatic heterocycles. The molecule has 36 heavy (non-hydrogen) atoms. The van der Waals surface area contributed by atoms with Gasteiger partial charge in [0.05, 0.1) is 22.3 Å². The molecular weight excluding hydrogens is 484 g/mol. The zero-order valence-electron chi connectivity index (χ0n) is 19.2. The lowest BCUT2D eigenvalue weighted by molar-refractivity contribution is -0.138. The molecule has 4 aromatic rings. The third-order valence-corrected chi connectivity index (χ3v) is 5.40. The third kappa shape index (κ3) is 5.19. The maximum atomic E-state index is 13.5. The van der Waals surface area contributed by atoms with Gasteiger partial charge >= 0.3 is 12.4 Å². The van der Waals surface area contributed by atoms with Crippen LogP contribution in [-0.2, 0) is 12.4 Å². The van der Waals surface area contributed by atoms with Crippen LogP contribution in [0.15, 0.2) is 60.8 Å². The van der Waals surface area contributed by atoms with Gasteiger partial charge in [0.25, 0.3) is 0 Å². The van der Waals surface area contributed by atoms with E-state index in [1.54, 1.807) is 4.90 Å². The second kappa shape index (κ2) is 9.29. The number of anilines is 3. The fraction of sp³-hybridized carbons (Fsp3) is 0.240. The van der Waals surface area contributed by atoms with Crippen LogP contribution >= 0.6 is 0 Å². The molecule has 2 heterocycles. The second-order valence-corrected chi connectivity index (χ2v) is 8.59. The van der Waals surface area contributed by atoms with Gasteiger partial charge in [-0.2, -0.15) is 31.3 Å². The van der Waals surface area contributed by atoms with Crippen molar-refractivity contribution >= 4 is 28.4 Å². The van der Waals surface area contributed by atoms with Crippen LogP contribution in [0.5, 0.6) is 0 Å². The number of benzene rings is 2. The summed E-state index contributed by atoms with van der Waals surface area (Å²) in [6.45, 7) is 4.19. The van der Waals surface area contributed by atoms with Gasteiger partial charge in [-0.3, -0.25) is 4.98 Å². The Kier molecular flexibility index (Phi) is 6.50. The van der Waals surface area contributed by atoms with Crippen molar-refractivity contribution in [3.63, 3.8) is 0 Å². The zero-order valence-corrected chi connectivity index (χ0v) is 19.2. The predicted molar refractivity (Wildman–Crippen MR) is 125 cm³/mol. The maximum Gasteiger partial charge on any atom is 0.418 e. The van der Waals surface area contributed by atoms with Crippen molar-refractivity contribution in [2.75, 3.05) is 17.2 Å². The number of hydrogen-bond acceptors (Lipinski definition) is 5. The quantitative estimate of drug-likeness (QED) is 0.293. The highest BCUT2D eigenvalue weighted by Crippen LogP contribution is 2.37. The summed E-state index contributed by atoms with van der Waals surface area (Å²) in [4.78, 5) is 14.4. The van der Waals surface area contributed by atoms with Crippen LogP contribution in [0, 0.1) is 5.92 Å². The molecule has 4 rings (SSSR count). The number of halogens is 6. The number of aromatic nitrogens is 3. The van der Waals surface area contributed by atoms with E-state index in [9.17, 15) is 26.3 Å². The van der Waals surface area contributed by atoms with E-state index in [1.807, 2.05) is 13.8 Å². The van der Waals surface area contributed by atoms with E-state index in [-0.39, 0.29) is 34.5 Å². The van der Waals surface area contributed by atoms with Gasteiger partial charge in [-0.25, -0.2) is 4.98 Å². The Morgan fingerprint density at radius 1 is 0.889 bits per heavy atom. The van der Waals surface area contributed by atoms with Crippen molar-refractivity contribution < 1.29 is 26.3 Å². The Balaban J connectivity index is 1.83. The number of rotatable bonds is 5. The molecule has 0 saturated carbocycles. The highest BCUT2D eigenvalue weighted by atomic mass is 19.4. The van der Waals surface area contributed by atoms with E-state index in [0.717, 1.165) is 18.2 Å². The van der Waals surface area contributed by atoms with E-state index < -0.39 is 23.5 Å². The van der Waals surface area contributed by atoms with Crippen LogP contribution in [0.25, 0.3) is 22.2 Å². The smallest absolute Gasteiger partial charge is 0.383 e. The van der Waals surface area contributed by atoms with Crippen molar-refractivity contribution in [3.05, 3.63) is 71.9 Å². The van der Waals surface area contributed by atoms with Crippen molar-refractivity contribution in [1.82, 2.24) is 15.0 Å². The normalized spacial score (nSPS) is 12.4. The minimum atomic E-state index is -4.61. The summed E-state index contributed by atoms with van der Waals surface area (Å²) in [6.07, 6.45) is -7.82. The molecule has 2 N–H and O–H groups in total. The fourth-order valence-electron chi connectivity index (χ4n) is 3.77. The average molecular weight is 505 g/mol. The van der Waals surface area contributed by atoms with Gasteiger partial charge in [-0.1, -0.05) is 19.9 Å². The Bertz CT molecular complexity index is 1380. The molecule has 0 radical (unpaired) electrons. The maximum absolute atomic E-state index is 13.5. The molecule has 0 amide bonds. The summed E-state index contributed by atoms with van der Waals surface area (Å²) in [5.74, 6) is 0.268. The molecule has 0 fully saturated rings. The Morgan fingerprint density at radius 2 is 1.58 bits per heavy atom. The topological polar surface area (TPSA) is 67.9 Å². The highest BCUT2D eigenvalue weighted by Gasteiger charge is 2.34. The predicted octanol–water partition coefficient (Wildman–Crippen LogP) is 7.11. The van der Waals surface area contributed by atoms with E-state index in [4.69, 9.17) is 5.73 Å². The minimum absolute atomic E-state index is 0.0713. The zero-order chi connectivity index (χ0) is 26.3. The van der Waals surface area contributed by atoms with Crippen LogP contribution in [0.2, 0.25) is 0 Å². The number of nitrogens with two attached hydrogens (primary N) is 1. The minimum Gasteiger partial charge on any atom is -0.383 e. The first kappa shape index (κ1) is 25.2. The lowest BCUT2D eigenvalue weighted by Crippen LogP contribution is -2.25. The Morgan fingerprint density at radius 3 is 2.19 bits per heavy atom. The van der Waals surface area contributed by atoms with Crippen molar-refractivity contribution in [1.29, 1.82) is 0 Å². The average Bonchev–Trinajstić information content (AvgIpc) is 2.81. The molecule has 188 valence electrons. The van der Waals surface area contributed by atoms with Crippen LogP contribution < -0.4 is 10.6 Å². The Hall–Kier alpha value is -3.89. The first-order valence-corrected chi connectivity index (χ1v) is 10.9. The van der Waals surface area contributed by atoms with E-state index >= 15 is 0 Å². The van der Waals surface area contributed by atoms with Gasteiger partial charge in [0.2, 0.25) is 5.95 Å². The molecule has 0 unspecified atom stereocenters. The lowest BCUT2D eigenvalue weighted by atomic mass is 10.0. The Labute approximate surface area is 202 Å². The lowest BCUT2D eigenvalue weighted by Gasteiger charge is -2.25. The van der Waals surface area contributed by atoms with Gasteiger partial charge in [-0.15, -0.1) is 0 Å². The largest absolute Gasteiger partial charge is 0.418 e. The van der Waals surface area contributed by atoms with Gasteiger partial charge in [0.1, 0.15) is 5.82 Å². The molecule has 5 nitrogen and oxygen atoms in total. The van der Waals surface area contributed by atoms with Gasteiger partial charge in [0.15, 0.2) is 0 Å². The fourth-order valence-corrected chi connectivity index (χ4v) is 3.77. The van der Waals surface area contributed by atoms with Crippen LogP contribution in [0.3, 0.4) is 0 Å². The molecule has 0 aliphatic heterocycles. The van der Waals surface area contributed by atoms with Crippen LogP contribution in [-0.4, -0.2) is 21.5 Å². The number of fused-ring (bicyclic) bond motifs is 1. The summed E-state index contributed by atoms with van der Waals surface area (Å²) in [5.41, 5.74) is 5.08. The third-order valence-electron chi connectivity index (χ3n) is 5.40. The van der Waals surface area contributed by atoms with Gasteiger partial charge < -0.3 is 10.6 Å². The summed E-state index contributed by atoms with van der Waals surface area (Å²) in [7, 11) is 0. The molecule has 2 aromatic carbocycles. The standard InChI is InChI=1S/C25H21F6N5/c1-14(2)13-36(17-8-6-16(7-9-17)24(26,27)28)23-34-20-12-15(5-10-18(20)22(32)35-23)21-19(25(29,30)31)4-3-11-33-21/h3-12,14H,13H2,1-2H3,(H2,32,34,35). The van der Waals surface area contributed by atoms with Crippen molar-refractivity contribution in [2.24, 2.45) is 5.92 Å². The van der Waals surface area contributed by atoms with Crippen molar-refractivity contribution in [3.8, 4) is 11.3 Å². The number of hydrogen-bond donors (Lipinski definition) is 1. The summed E-state index contributed by atoms with van der Waals surface area (Å²) in [6, 6.07) is 11.1. The second-order valence-electron chi connectivity index (χ2n) is 8.59. The number of nitrogen functional groups attached to an aromatic ring is 1. The van der Waals surface area contributed by atoms with E-state index in [2.05, 4.69) is 15.0 Å². The van der Waals surface area contributed by atoms with Crippen molar-refractivity contribution in [2.45, 2.75) is 26.2 Å². The molecule has 0 bridgehead atoms. The molecular formula is C25H21F6N5. The molecule has 0 aliphatic carbocycles. The number of nitrogens with zero attached hydrogens (tertiary/aromatic N) is 4. The summed E-state index contributed by atoms with van der Waals surface area (Å²) in [5, 5.41) is 0.420. The molecule has 0 spiro atoms. The number of pyridine rings is 1. The van der Waals surface area contributed by atoms with Gasteiger partial charge in [0, 0.05) is 29.4 Å². The van der Waals surface area contributed by atoms with Crippen LogP contribution in [0.4, 0.5) is 43.8 Å². The monoisotopic (exact) mass is 505 g/mol. The van der Waals surface area contributed by atoms with E-state index in [0.29, 0.717) is 17.6 Å². The number of alkyl halides is 6. The molecule has 0 atom stereocenters. The molecule has 11 heteroatoms. The van der Waals surface area contributed by atoms with Gasteiger partial charge in [-0.05, 0) is 54.4 Å². The molecule has 0 aliphatic rings. The highest BCUT2D eigenvalue weighted by molar-refractivity contribution is 5.92. The first-order chi connectivity index (χ1) is 16.8.